The molecule has 7 heteroatoms. The molecule has 1 heterocycles. The van der Waals surface area contributed by atoms with E-state index in [2.05, 4.69) is 15.3 Å². The summed E-state index contributed by atoms with van der Waals surface area (Å²) in [4.78, 5) is 8.24. The maximum absolute atomic E-state index is 12.8. The molecule has 0 radical (unpaired) electrons. The van der Waals surface area contributed by atoms with E-state index in [1.807, 2.05) is 0 Å². The number of methoxy groups -OCH3 is 1. The quantitative estimate of drug-likeness (QED) is 0.916. The second-order valence-electron chi connectivity index (χ2n) is 4.82. The maximum atomic E-state index is 12.8. The maximum Gasteiger partial charge on any atom is 0.416 e. The average molecular weight is 311 g/mol. The number of hydrogen-bond acceptors (Lipinski definition) is 4. The molecular weight excluding hydrogens is 295 g/mol. The molecule has 0 aliphatic rings. The van der Waals surface area contributed by atoms with Crippen LogP contribution in [-0.4, -0.2) is 23.7 Å². The molecule has 0 fully saturated rings. The molecule has 1 unspecified atom stereocenters. The van der Waals surface area contributed by atoms with E-state index in [-0.39, 0.29) is 6.61 Å². The van der Waals surface area contributed by atoms with Crippen LogP contribution in [0.2, 0.25) is 0 Å². The van der Waals surface area contributed by atoms with Crippen molar-refractivity contribution in [3.05, 3.63) is 53.5 Å². The molecule has 2 aromatic rings. The number of ether oxygens (including phenoxy) is 1. The molecule has 1 aromatic carbocycles. The van der Waals surface area contributed by atoms with Crippen molar-refractivity contribution in [2.45, 2.75) is 19.1 Å². The van der Waals surface area contributed by atoms with Crippen LogP contribution in [0.15, 0.2) is 36.7 Å². The number of nitrogens with zero attached hydrogens (tertiary/aromatic N) is 2. The van der Waals surface area contributed by atoms with Gasteiger partial charge in [-0.2, -0.15) is 13.2 Å². The first-order valence-electron chi connectivity index (χ1n) is 6.61. The number of benzene rings is 1. The molecule has 2 rings (SSSR count). The Labute approximate surface area is 126 Å². The zero-order valence-corrected chi connectivity index (χ0v) is 12.2. The molecule has 1 aromatic heterocycles. The Morgan fingerprint density at radius 1 is 1.27 bits per heavy atom. The van der Waals surface area contributed by atoms with Crippen molar-refractivity contribution >= 4 is 5.82 Å². The van der Waals surface area contributed by atoms with E-state index >= 15 is 0 Å². The van der Waals surface area contributed by atoms with Crippen LogP contribution in [0, 0.1) is 6.92 Å². The second-order valence-corrected chi connectivity index (χ2v) is 4.82. The standard InChI is InChI=1S/C15H16F3N3O/c1-10-7-19-8-14(20-10)21-13(9-22-2)11-4-3-5-12(6-11)15(16,17)18/h3-8,13H,9H2,1-2H3,(H,20,21). The van der Waals surface area contributed by atoms with Gasteiger partial charge in [0.05, 0.1) is 30.1 Å². The summed E-state index contributed by atoms with van der Waals surface area (Å²) in [5, 5.41) is 3.05. The van der Waals surface area contributed by atoms with Crippen molar-refractivity contribution in [2.24, 2.45) is 0 Å². The minimum Gasteiger partial charge on any atom is -0.382 e. The van der Waals surface area contributed by atoms with Crippen LogP contribution in [0.25, 0.3) is 0 Å². The Morgan fingerprint density at radius 2 is 2.05 bits per heavy atom. The fourth-order valence-corrected chi connectivity index (χ4v) is 2.03. The van der Waals surface area contributed by atoms with Gasteiger partial charge in [0.2, 0.25) is 0 Å². The largest absolute Gasteiger partial charge is 0.416 e. The Hall–Kier alpha value is -2.15. The summed E-state index contributed by atoms with van der Waals surface area (Å²) in [6.07, 6.45) is -1.26. The lowest BCUT2D eigenvalue weighted by Crippen LogP contribution is -2.18. The number of aryl methyl sites for hydroxylation is 1. The van der Waals surface area contributed by atoms with E-state index in [9.17, 15) is 13.2 Å². The van der Waals surface area contributed by atoms with E-state index in [4.69, 9.17) is 4.74 Å². The number of halogens is 3. The Balaban J connectivity index is 2.28. The molecule has 0 aliphatic carbocycles. The number of hydrogen-bond donors (Lipinski definition) is 1. The van der Waals surface area contributed by atoms with Crippen LogP contribution in [0.4, 0.5) is 19.0 Å². The lowest BCUT2D eigenvalue weighted by molar-refractivity contribution is -0.137. The van der Waals surface area contributed by atoms with Gasteiger partial charge in [0.15, 0.2) is 0 Å². The van der Waals surface area contributed by atoms with Crippen LogP contribution in [0.1, 0.15) is 22.9 Å². The van der Waals surface area contributed by atoms with Crippen LogP contribution < -0.4 is 5.32 Å². The first-order valence-corrected chi connectivity index (χ1v) is 6.61. The van der Waals surface area contributed by atoms with Crippen molar-refractivity contribution in [3.63, 3.8) is 0 Å². The molecule has 4 nitrogen and oxygen atoms in total. The predicted molar refractivity (Wildman–Crippen MR) is 76.5 cm³/mol. The number of aromatic nitrogens is 2. The number of anilines is 1. The third kappa shape index (κ3) is 4.17. The number of alkyl halides is 3. The van der Waals surface area contributed by atoms with Crippen molar-refractivity contribution < 1.29 is 17.9 Å². The molecule has 0 bridgehead atoms. The summed E-state index contributed by atoms with van der Waals surface area (Å²) in [7, 11) is 1.49. The minimum absolute atomic E-state index is 0.205. The monoisotopic (exact) mass is 311 g/mol. The molecule has 1 N–H and O–H groups in total. The third-order valence-electron chi connectivity index (χ3n) is 3.03. The number of rotatable bonds is 5. The molecule has 0 amide bonds. The van der Waals surface area contributed by atoms with E-state index in [0.717, 1.165) is 12.1 Å². The normalized spacial score (nSPS) is 13.0. The van der Waals surface area contributed by atoms with Crippen molar-refractivity contribution in [1.29, 1.82) is 0 Å². The highest BCUT2D eigenvalue weighted by Gasteiger charge is 2.31. The summed E-state index contributed by atoms with van der Waals surface area (Å²) in [5.74, 6) is 0.486. The van der Waals surface area contributed by atoms with Gasteiger partial charge in [-0.25, -0.2) is 4.98 Å². The highest BCUT2D eigenvalue weighted by Crippen LogP contribution is 2.31. The lowest BCUT2D eigenvalue weighted by atomic mass is 10.0. The van der Waals surface area contributed by atoms with Crippen LogP contribution >= 0.6 is 0 Å². The highest BCUT2D eigenvalue weighted by molar-refractivity contribution is 5.38. The Bertz CT molecular complexity index is 631. The van der Waals surface area contributed by atoms with Crippen molar-refractivity contribution in [2.75, 3.05) is 19.0 Å². The van der Waals surface area contributed by atoms with E-state index < -0.39 is 17.8 Å². The molecule has 1 atom stereocenters. The SMILES string of the molecule is COCC(Nc1cncc(C)n1)c1cccc(C(F)(F)F)c1. The number of nitrogens with one attached hydrogen (secondary N) is 1. The van der Waals surface area contributed by atoms with Crippen molar-refractivity contribution in [1.82, 2.24) is 9.97 Å². The van der Waals surface area contributed by atoms with Gasteiger partial charge in [-0.3, -0.25) is 4.98 Å². The van der Waals surface area contributed by atoms with E-state index in [1.165, 1.54) is 19.4 Å². The van der Waals surface area contributed by atoms with Gasteiger partial charge >= 0.3 is 6.18 Å². The molecule has 118 valence electrons. The second kappa shape index (κ2) is 6.74. The molecule has 0 saturated carbocycles. The lowest BCUT2D eigenvalue weighted by Gasteiger charge is -2.20. The summed E-state index contributed by atoms with van der Waals surface area (Å²) < 4.78 is 43.6. The topological polar surface area (TPSA) is 47.0 Å². The highest BCUT2D eigenvalue weighted by atomic mass is 19.4. The summed E-state index contributed by atoms with van der Waals surface area (Å²) >= 11 is 0. The molecule has 0 spiro atoms. The zero-order chi connectivity index (χ0) is 16.2. The van der Waals surface area contributed by atoms with Crippen LogP contribution in [0.3, 0.4) is 0 Å². The van der Waals surface area contributed by atoms with E-state index in [1.54, 1.807) is 19.2 Å². The van der Waals surface area contributed by atoms with Crippen LogP contribution in [0.5, 0.6) is 0 Å². The smallest absolute Gasteiger partial charge is 0.382 e. The van der Waals surface area contributed by atoms with Gasteiger partial charge in [-0.15, -0.1) is 0 Å². The van der Waals surface area contributed by atoms with Gasteiger partial charge in [0, 0.05) is 13.3 Å². The first kappa shape index (κ1) is 16.2. The van der Waals surface area contributed by atoms with Gasteiger partial charge in [0.1, 0.15) is 5.82 Å². The molecule has 0 saturated heterocycles. The Kier molecular flexibility index (Phi) is 4.97. The summed E-state index contributed by atoms with van der Waals surface area (Å²) in [6, 6.07) is 4.70. The third-order valence-corrected chi connectivity index (χ3v) is 3.03. The van der Waals surface area contributed by atoms with Gasteiger partial charge in [-0.05, 0) is 24.6 Å². The van der Waals surface area contributed by atoms with E-state index in [0.29, 0.717) is 17.1 Å². The zero-order valence-electron chi connectivity index (χ0n) is 12.2. The first-order chi connectivity index (χ1) is 10.4. The van der Waals surface area contributed by atoms with Gasteiger partial charge < -0.3 is 10.1 Å². The predicted octanol–water partition coefficient (Wildman–Crippen LogP) is 3.60. The van der Waals surface area contributed by atoms with Gasteiger partial charge in [0.25, 0.3) is 0 Å². The Morgan fingerprint density at radius 3 is 2.68 bits per heavy atom. The van der Waals surface area contributed by atoms with Gasteiger partial charge in [-0.1, -0.05) is 12.1 Å². The minimum atomic E-state index is -4.38. The average Bonchev–Trinajstić information content (AvgIpc) is 2.46. The molecule has 0 aliphatic heterocycles. The molecule has 22 heavy (non-hydrogen) atoms. The fraction of sp³-hybridized carbons (Fsp3) is 0.333. The van der Waals surface area contributed by atoms with Crippen LogP contribution in [-0.2, 0) is 10.9 Å². The summed E-state index contributed by atoms with van der Waals surface area (Å²) in [6.45, 7) is 1.99. The molecular formula is C15H16F3N3O. The summed E-state index contributed by atoms with van der Waals surface area (Å²) in [5.41, 5.74) is 0.494. The fourth-order valence-electron chi connectivity index (χ4n) is 2.03. The van der Waals surface area contributed by atoms with Crippen molar-refractivity contribution in [3.8, 4) is 0 Å².